The third kappa shape index (κ3) is 5.39. The number of hydrogen-bond donors (Lipinski definition) is 2. The normalized spacial score (nSPS) is 19.6. The Bertz CT molecular complexity index is 789. The average Bonchev–Trinajstić information content (AvgIpc) is 3.01. The van der Waals surface area contributed by atoms with Crippen molar-refractivity contribution in [2.75, 3.05) is 5.32 Å². The maximum Gasteiger partial charge on any atom is 0.407 e. The Morgan fingerprint density at radius 3 is 2.63 bits per heavy atom. The van der Waals surface area contributed by atoms with Gasteiger partial charge in [-0.2, -0.15) is 0 Å². The van der Waals surface area contributed by atoms with Gasteiger partial charge in [0, 0.05) is 30.0 Å². The largest absolute Gasteiger partial charge is 0.444 e. The van der Waals surface area contributed by atoms with Gasteiger partial charge < -0.3 is 15.4 Å². The van der Waals surface area contributed by atoms with Crippen LogP contribution in [0.3, 0.4) is 0 Å². The molecular formula is C20H25FN4O2. The van der Waals surface area contributed by atoms with E-state index in [9.17, 15) is 9.18 Å². The number of halogens is 1. The molecule has 2 atom stereocenters. The van der Waals surface area contributed by atoms with Gasteiger partial charge in [0.05, 0.1) is 0 Å². The molecule has 3 rings (SSSR count). The van der Waals surface area contributed by atoms with Gasteiger partial charge in [0.15, 0.2) is 0 Å². The van der Waals surface area contributed by atoms with Gasteiger partial charge in [0.2, 0.25) is 0 Å². The standard InChI is InChI=1S/C20H25FN4O2/c1-20(2,3)27-19(26)25-15-8-7-14(11-15)24-17-9-6-13(12-23-17)18-16(21)5-4-10-22-18/h4-6,9-10,12,14-15H,7-8,11H2,1-3H3,(H,23,24)(H,25,26)/t14-,15-/m0/s1. The van der Waals surface area contributed by atoms with Crippen molar-refractivity contribution in [3.05, 3.63) is 42.5 Å². The van der Waals surface area contributed by atoms with Crippen LogP contribution in [0, 0.1) is 5.82 Å². The lowest BCUT2D eigenvalue weighted by Crippen LogP contribution is -2.38. The Morgan fingerprint density at radius 2 is 1.96 bits per heavy atom. The Kier molecular flexibility index (Phi) is 5.58. The SMILES string of the molecule is CC(C)(C)OC(=O)N[C@H]1CC[C@H](Nc2ccc(-c3ncccc3F)cn2)C1. The highest BCUT2D eigenvalue weighted by Crippen LogP contribution is 2.24. The van der Waals surface area contributed by atoms with Crippen LogP contribution < -0.4 is 10.6 Å². The van der Waals surface area contributed by atoms with E-state index in [1.54, 1.807) is 24.5 Å². The molecule has 1 aliphatic rings. The Balaban J connectivity index is 1.53. The molecule has 2 heterocycles. The number of ether oxygens (including phenoxy) is 1. The van der Waals surface area contributed by atoms with Crippen LogP contribution in [-0.4, -0.2) is 33.7 Å². The quantitative estimate of drug-likeness (QED) is 0.843. The molecule has 1 aliphatic carbocycles. The zero-order valence-electron chi connectivity index (χ0n) is 15.8. The van der Waals surface area contributed by atoms with Gasteiger partial charge in [-0.3, -0.25) is 4.98 Å². The molecule has 0 unspecified atom stereocenters. The van der Waals surface area contributed by atoms with Crippen molar-refractivity contribution in [2.45, 2.75) is 57.7 Å². The van der Waals surface area contributed by atoms with E-state index in [2.05, 4.69) is 20.6 Å². The number of rotatable bonds is 4. The molecule has 144 valence electrons. The number of anilines is 1. The predicted octanol–water partition coefficient (Wildman–Crippen LogP) is 4.14. The third-order valence-electron chi connectivity index (χ3n) is 4.30. The summed E-state index contributed by atoms with van der Waals surface area (Å²) in [7, 11) is 0. The van der Waals surface area contributed by atoms with Gasteiger partial charge in [0.1, 0.15) is 22.9 Å². The molecular weight excluding hydrogens is 347 g/mol. The molecule has 2 N–H and O–H groups in total. The van der Waals surface area contributed by atoms with E-state index in [-0.39, 0.29) is 24.0 Å². The molecule has 0 aliphatic heterocycles. The van der Waals surface area contributed by atoms with Crippen molar-refractivity contribution >= 4 is 11.9 Å². The zero-order valence-corrected chi connectivity index (χ0v) is 15.8. The minimum atomic E-state index is -0.501. The first kappa shape index (κ1) is 19.1. The molecule has 0 bridgehead atoms. The number of alkyl carbamates (subject to hydrolysis) is 1. The van der Waals surface area contributed by atoms with Crippen LogP contribution in [0.5, 0.6) is 0 Å². The maximum atomic E-state index is 13.8. The fourth-order valence-electron chi connectivity index (χ4n) is 3.14. The molecule has 27 heavy (non-hydrogen) atoms. The molecule has 2 aromatic rings. The van der Waals surface area contributed by atoms with Gasteiger partial charge in [-0.1, -0.05) is 0 Å². The molecule has 0 saturated heterocycles. The van der Waals surface area contributed by atoms with E-state index in [0.717, 1.165) is 25.1 Å². The Labute approximate surface area is 158 Å². The molecule has 6 nitrogen and oxygen atoms in total. The first-order valence-corrected chi connectivity index (χ1v) is 9.13. The van der Waals surface area contributed by atoms with E-state index in [1.807, 2.05) is 26.8 Å². The maximum absolute atomic E-state index is 13.8. The molecule has 1 amide bonds. The van der Waals surface area contributed by atoms with Gasteiger partial charge >= 0.3 is 6.09 Å². The second-order valence-electron chi connectivity index (χ2n) is 7.76. The number of amides is 1. The topological polar surface area (TPSA) is 76.1 Å². The minimum absolute atomic E-state index is 0.0826. The molecule has 1 fully saturated rings. The third-order valence-corrected chi connectivity index (χ3v) is 4.30. The first-order chi connectivity index (χ1) is 12.8. The lowest BCUT2D eigenvalue weighted by Gasteiger charge is -2.22. The number of aromatic nitrogens is 2. The highest BCUT2D eigenvalue weighted by molar-refractivity contribution is 5.68. The summed E-state index contributed by atoms with van der Waals surface area (Å²) < 4.78 is 19.1. The van der Waals surface area contributed by atoms with Crippen LogP contribution in [0.15, 0.2) is 36.7 Å². The predicted molar refractivity (Wildman–Crippen MR) is 102 cm³/mol. The number of pyridine rings is 2. The smallest absolute Gasteiger partial charge is 0.407 e. The average molecular weight is 372 g/mol. The van der Waals surface area contributed by atoms with E-state index in [0.29, 0.717) is 11.3 Å². The van der Waals surface area contributed by atoms with Crippen molar-refractivity contribution < 1.29 is 13.9 Å². The van der Waals surface area contributed by atoms with Crippen molar-refractivity contribution in [2.24, 2.45) is 0 Å². The summed E-state index contributed by atoms with van der Waals surface area (Å²) in [4.78, 5) is 20.3. The van der Waals surface area contributed by atoms with E-state index in [4.69, 9.17) is 4.74 Å². The van der Waals surface area contributed by atoms with Crippen LogP contribution in [0.4, 0.5) is 15.0 Å². The van der Waals surface area contributed by atoms with Crippen molar-refractivity contribution in [1.82, 2.24) is 15.3 Å². The van der Waals surface area contributed by atoms with Crippen molar-refractivity contribution in [1.29, 1.82) is 0 Å². The van der Waals surface area contributed by atoms with Gasteiger partial charge in [0.25, 0.3) is 0 Å². The van der Waals surface area contributed by atoms with Crippen molar-refractivity contribution in [3.8, 4) is 11.3 Å². The number of carbonyl (C=O) groups is 1. The zero-order chi connectivity index (χ0) is 19.4. The summed E-state index contributed by atoms with van der Waals surface area (Å²) in [6.07, 6.45) is 5.40. The summed E-state index contributed by atoms with van der Waals surface area (Å²) in [5.74, 6) is 0.352. The second-order valence-corrected chi connectivity index (χ2v) is 7.76. The van der Waals surface area contributed by atoms with Crippen LogP contribution in [0.1, 0.15) is 40.0 Å². The van der Waals surface area contributed by atoms with E-state index >= 15 is 0 Å². The highest BCUT2D eigenvalue weighted by atomic mass is 19.1. The summed E-state index contributed by atoms with van der Waals surface area (Å²) in [5.41, 5.74) is 0.424. The van der Waals surface area contributed by atoms with Crippen LogP contribution in [0.2, 0.25) is 0 Å². The van der Waals surface area contributed by atoms with Gasteiger partial charge in [-0.25, -0.2) is 14.2 Å². The van der Waals surface area contributed by atoms with Gasteiger partial charge in [-0.15, -0.1) is 0 Å². The fourth-order valence-corrected chi connectivity index (χ4v) is 3.14. The summed E-state index contributed by atoms with van der Waals surface area (Å²) in [6, 6.07) is 6.85. The first-order valence-electron chi connectivity index (χ1n) is 9.13. The summed E-state index contributed by atoms with van der Waals surface area (Å²) in [6.45, 7) is 5.53. The fraction of sp³-hybridized carbons (Fsp3) is 0.450. The van der Waals surface area contributed by atoms with Crippen molar-refractivity contribution in [3.63, 3.8) is 0 Å². The monoisotopic (exact) mass is 372 g/mol. The van der Waals surface area contributed by atoms with Crippen LogP contribution >= 0.6 is 0 Å². The minimum Gasteiger partial charge on any atom is -0.444 e. The lowest BCUT2D eigenvalue weighted by atomic mass is 10.2. The molecule has 2 aromatic heterocycles. The van der Waals surface area contributed by atoms with Crippen LogP contribution in [-0.2, 0) is 4.74 Å². The second kappa shape index (κ2) is 7.90. The van der Waals surface area contributed by atoms with Crippen LogP contribution in [0.25, 0.3) is 11.3 Å². The van der Waals surface area contributed by atoms with E-state index < -0.39 is 5.60 Å². The number of hydrogen-bond acceptors (Lipinski definition) is 5. The molecule has 0 aromatic carbocycles. The van der Waals surface area contributed by atoms with E-state index in [1.165, 1.54) is 6.07 Å². The highest BCUT2D eigenvalue weighted by Gasteiger charge is 2.27. The molecule has 7 heteroatoms. The molecule has 0 spiro atoms. The Morgan fingerprint density at radius 1 is 1.19 bits per heavy atom. The number of nitrogens with one attached hydrogen (secondary N) is 2. The molecule has 0 radical (unpaired) electrons. The molecule has 1 saturated carbocycles. The summed E-state index contributed by atoms with van der Waals surface area (Å²) >= 11 is 0. The van der Waals surface area contributed by atoms with Gasteiger partial charge in [-0.05, 0) is 64.3 Å². The Hall–Kier alpha value is -2.70. The number of carbonyl (C=O) groups excluding carboxylic acids is 1. The summed E-state index contributed by atoms with van der Waals surface area (Å²) in [5, 5.41) is 6.28. The number of nitrogens with zero attached hydrogens (tertiary/aromatic N) is 2. The lowest BCUT2D eigenvalue weighted by molar-refractivity contribution is 0.0505.